The molecule has 1 fully saturated rings. The van der Waals surface area contributed by atoms with E-state index in [1.54, 1.807) is 12.1 Å². The van der Waals surface area contributed by atoms with E-state index in [0.717, 1.165) is 6.26 Å². The van der Waals surface area contributed by atoms with Gasteiger partial charge < -0.3 is 15.0 Å². The van der Waals surface area contributed by atoms with Crippen molar-refractivity contribution in [1.82, 2.24) is 5.32 Å². The maximum Gasteiger partial charge on any atom is 0.251 e. The van der Waals surface area contributed by atoms with Gasteiger partial charge >= 0.3 is 0 Å². The van der Waals surface area contributed by atoms with Crippen LogP contribution >= 0.6 is 11.6 Å². The van der Waals surface area contributed by atoms with E-state index in [1.807, 2.05) is 18.7 Å². The molecule has 10 heteroatoms. The second-order valence-corrected chi connectivity index (χ2v) is 9.86. The number of halogens is 2. The van der Waals surface area contributed by atoms with E-state index in [4.69, 9.17) is 16.3 Å². The Morgan fingerprint density at radius 3 is 2.48 bits per heavy atom. The number of anilines is 2. The maximum absolute atomic E-state index is 14.7. The fourth-order valence-corrected chi connectivity index (χ4v) is 4.31. The summed E-state index contributed by atoms with van der Waals surface area (Å²) in [4.78, 5) is 14.4. The van der Waals surface area contributed by atoms with Crippen LogP contribution < -0.4 is 14.9 Å². The Bertz CT molecular complexity index is 1070. The molecule has 7 nitrogen and oxygen atoms in total. The molecule has 1 aliphatic rings. The molecule has 0 aromatic heterocycles. The highest BCUT2D eigenvalue weighted by Crippen LogP contribution is 2.25. The van der Waals surface area contributed by atoms with Crippen molar-refractivity contribution in [2.75, 3.05) is 29.0 Å². The van der Waals surface area contributed by atoms with Crippen LogP contribution in [0.2, 0.25) is 5.02 Å². The van der Waals surface area contributed by atoms with Crippen LogP contribution in [-0.2, 0) is 21.3 Å². The molecule has 168 valence electrons. The molecule has 2 N–H and O–H groups in total. The average molecular weight is 470 g/mol. The minimum Gasteiger partial charge on any atom is -0.372 e. The van der Waals surface area contributed by atoms with E-state index >= 15 is 0 Å². The first-order chi connectivity index (χ1) is 14.5. The molecule has 2 aromatic rings. The number of carbonyl (C=O) groups is 1. The zero-order valence-corrected chi connectivity index (χ0v) is 19.1. The third-order valence-corrected chi connectivity index (χ3v) is 5.67. The molecule has 2 aromatic carbocycles. The Morgan fingerprint density at radius 1 is 1.19 bits per heavy atom. The number of carbonyl (C=O) groups excluding carboxylic acids is 1. The lowest BCUT2D eigenvalue weighted by Crippen LogP contribution is -2.45. The van der Waals surface area contributed by atoms with Crippen molar-refractivity contribution in [3.8, 4) is 0 Å². The van der Waals surface area contributed by atoms with Crippen molar-refractivity contribution < 1.29 is 22.3 Å². The van der Waals surface area contributed by atoms with E-state index in [1.165, 1.54) is 24.3 Å². The van der Waals surface area contributed by atoms with Gasteiger partial charge in [0.25, 0.3) is 5.91 Å². The third kappa shape index (κ3) is 6.32. The van der Waals surface area contributed by atoms with Crippen LogP contribution in [0.1, 0.15) is 29.8 Å². The Hall–Kier alpha value is -2.36. The fourth-order valence-electron chi connectivity index (χ4n) is 3.52. The van der Waals surface area contributed by atoms with Crippen LogP contribution in [0.5, 0.6) is 0 Å². The van der Waals surface area contributed by atoms with Crippen molar-refractivity contribution in [2.45, 2.75) is 32.6 Å². The van der Waals surface area contributed by atoms with Gasteiger partial charge in [-0.25, -0.2) is 12.8 Å². The predicted molar refractivity (Wildman–Crippen MR) is 120 cm³/mol. The number of rotatable bonds is 6. The number of hydrogen-bond donors (Lipinski definition) is 2. The van der Waals surface area contributed by atoms with E-state index in [2.05, 4.69) is 10.0 Å². The molecule has 0 spiro atoms. The number of ether oxygens (including phenoxy) is 1. The Labute approximate surface area is 186 Å². The molecular weight excluding hydrogens is 445 g/mol. The summed E-state index contributed by atoms with van der Waals surface area (Å²) in [6, 6.07) is 9.14. The number of amides is 1. The summed E-state index contributed by atoms with van der Waals surface area (Å²) in [7, 11) is -3.54. The van der Waals surface area contributed by atoms with Gasteiger partial charge in [-0.05, 0) is 49.7 Å². The summed E-state index contributed by atoms with van der Waals surface area (Å²) in [6.07, 6.45) is 1.03. The van der Waals surface area contributed by atoms with Crippen molar-refractivity contribution in [1.29, 1.82) is 0 Å². The first kappa shape index (κ1) is 23.3. The molecule has 0 saturated carbocycles. The number of hydrogen-bond acceptors (Lipinski definition) is 5. The summed E-state index contributed by atoms with van der Waals surface area (Å²) in [6.45, 7) is 5.25. The lowest BCUT2D eigenvalue weighted by Gasteiger charge is -2.37. The molecule has 1 amide bonds. The van der Waals surface area contributed by atoms with Crippen LogP contribution in [0.4, 0.5) is 15.8 Å². The highest BCUT2D eigenvalue weighted by Gasteiger charge is 2.24. The molecule has 0 aliphatic carbocycles. The SMILES string of the molecule is CC1CN(c2ccc(CNC(=O)c3ccc(Cl)c(NS(C)(=O)=O)c3)cc2F)CC(C)O1. The molecule has 1 heterocycles. The van der Waals surface area contributed by atoms with Gasteiger partial charge in [-0.1, -0.05) is 17.7 Å². The van der Waals surface area contributed by atoms with Crippen LogP contribution in [0, 0.1) is 5.82 Å². The van der Waals surface area contributed by atoms with Gasteiger partial charge in [0.1, 0.15) is 5.82 Å². The van der Waals surface area contributed by atoms with E-state index in [0.29, 0.717) is 24.3 Å². The first-order valence-corrected chi connectivity index (χ1v) is 12.0. The normalized spacial score (nSPS) is 19.2. The van der Waals surface area contributed by atoms with E-state index in [-0.39, 0.29) is 40.8 Å². The Kier molecular flexibility index (Phi) is 7.08. The van der Waals surface area contributed by atoms with Crippen LogP contribution in [0.15, 0.2) is 36.4 Å². The largest absolute Gasteiger partial charge is 0.372 e. The fraction of sp³-hybridized carbons (Fsp3) is 0.381. The molecular formula is C21H25ClFN3O4S. The van der Waals surface area contributed by atoms with Gasteiger partial charge in [-0.15, -0.1) is 0 Å². The molecule has 2 atom stereocenters. The predicted octanol–water partition coefficient (Wildman–Crippen LogP) is 3.39. The third-order valence-electron chi connectivity index (χ3n) is 4.75. The standard InChI is InChI=1S/C21H25ClFN3O4S/c1-13-11-26(12-14(2)30-13)20-7-4-15(8-18(20)23)10-24-21(27)16-5-6-17(22)19(9-16)25-31(3,28)29/h4-9,13-14,25H,10-12H2,1-3H3,(H,24,27). The minimum absolute atomic E-state index is 0.0172. The highest BCUT2D eigenvalue weighted by molar-refractivity contribution is 7.92. The molecule has 31 heavy (non-hydrogen) atoms. The summed E-state index contributed by atoms with van der Waals surface area (Å²) < 4.78 is 45.6. The van der Waals surface area contributed by atoms with E-state index in [9.17, 15) is 17.6 Å². The molecule has 2 unspecified atom stereocenters. The molecule has 1 saturated heterocycles. The number of morpholine rings is 1. The smallest absolute Gasteiger partial charge is 0.251 e. The lowest BCUT2D eigenvalue weighted by atomic mass is 10.1. The Morgan fingerprint density at radius 2 is 1.87 bits per heavy atom. The molecule has 0 radical (unpaired) electrons. The number of nitrogens with zero attached hydrogens (tertiary/aromatic N) is 1. The second-order valence-electron chi connectivity index (χ2n) is 7.70. The van der Waals surface area contributed by atoms with Crippen LogP contribution in [0.25, 0.3) is 0 Å². The molecule has 3 rings (SSSR count). The van der Waals surface area contributed by atoms with Gasteiger partial charge in [0.15, 0.2) is 0 Å². The summed E-state index contributed by atoms with van der Waals surface area (Å²) in [5, 5.41) is 2.88. The highest BCUT2D eigenvalue weighted by atomic mass is 35.5. The quantitative estimate of drug-likeness (QED) is 0.677. The van der Waals surface area contributed by atoms with Crippen molar-refractivity contribution in [3.63, 3.8) is 0 Å². The average Bonchev–Trinajstić information content (AvgIpc) is 2.66. The minimum atomic E-state index is -3.54. The Balaban J connectivity index is 1.67. The summed E-state index contributed by atoms with van der Waals surface area (Å²) in [5.74, 6) is -0.798. The first-order valence-electron chi connectivity index (χ1n) is 9.76. The number of benzene rings is 2. The summed E-state index contributed by atoms with van der Waals surface area (Å²) >= 11 is 5.98. The van der Waals surface area contributed by atoms with Gasteiger partial charge in [-0.2, -0.15) is 0 Å². The second kappa shape index (κ2) is 9.42. The van der Waals surface area contributed by atoms with Crippen molar-refractivity contribution in [2.24, 2.45) is 0 Å². The topological polar surface area (TPSA) is 87.7 Å². The van der Waals surface area contributed by atoms with E-state index < -0.39 is 15.9 Å². The van der Waals surface area contributed by atoms with Gasteiger partial charge in [0.05, 0.1) is 34.9 Å². The molecule has 0 bridgehead atoms. The van der Waals surface area contributed by atoms with Gasteiger partial charge in [0.2, 0.25) is 10.0 Å². The van der Waals surface area contributed by atoms with Crippen LogP contribution in [-0.4, -0.2) is 45.9 Å². The monoisotopic (exact) mass is 469 g/mol. The number of nitrogens with one attached hydrogen (secondary N) is 2. The van der Waals surface area contributed by atoms with Crippen molar-refractivity contribution >= 4 is 38.9 Å². The van der Waals surface area contributed by atoms with Gasteiger partial charge in [0, 0.05) is 25.2 Å². The van der Waals surface area contributed by atoms with Crippen molar-refractivity contribution in [3.05, 3.63) is 58.4 Å². The lowest BCUT2D eigenvalue weighted by molar-refractivity contribution is -0.00539. The molecule has 1 aliphatic heterocycles. The van der Waals surface area contributed by atoms with Crippen LogP contribution in [0.3, 0.4) is 0 Å². The zero-order chi connectivity index (χ0) is 22.8. The number of sulfonamides is 1. The summed E-state index contributed by atoms with van der Waals surface area (Å²) in [5.41, 5.74) is 1.45. The maximum atomic E-state index is 14.7. The zero-order valence-electron chi connectivity index (χ0n) is 17.5. The van der Waals surface area contributed by atoms with Gasteiger partial charge in [-0.3, -0.25) is 9.52 Å².